The molecule has 0 aromatic rings. The fourth-order valence-corrected chi connectivity index (χ4v) is 1.40. The van der Waals surface area contributed by atoms with Crippen molar-refractivity contribution in [1.29, 1.82) is 0 Å². The zero-order valence-electron chi connectivity index (χ0n) is 4.24. The first-order chi connectivity index (χ1) is 3.29. The Hall–Kier alpha value is -0.170. The molecule has 1 heterocycles. The molecular weight excluding hydrogens is 104 g/mol. The minimum atomic E-state index is 1.14. The molecule has 0 radical (unpaired) electrons. The summed E-state index contributed by atoms with van der Waals surface area (Å²) in [4.78, 5) is 2.54. The third-order valence-electron chi connectivity index (χ3n) is 0.971. The molecule has 0 nitrogen and oxygen atoms in total. The molecule has 0 atom stereocenters. The summed E-state index contributed by atoms with van der Waals surface area (Å²) < 4.78 is 0. The first-order valence-corrected chi connectivity index (χ1v) is 3.14. The number of thioether (sulfide) groups is 1. The average Bonchev–Trinajstić information content (AvgIpc) is 1.87. The minimum absolute atomic E-state index is 1.14. The van der Waals surface area contributed by atoms with E-state index >= 15 is 0 Å². The van der Waals surface area contributed by atoms with Gasteiger partial charge in [0.15, 0.2) is 0 Å². The van der Waals surface area contributed by atoms with E-state index in [4.69, 9.17) is 0 Å². The quantitative estimate of drug-likeness (QED) is 0.464. The van der Waals surface area contributed by atoms with Crippen LogP contribution in [0.2, 0.25) is 0 Å². The van der Waals surface area contributed by atoms with Crippen molar-refractivity contribution < 1.29 is 0 Å². The van der Waals surface area contributed by atoms with Gasteiger partial charge in [0, 0.05) is 0 Å². The van der Waals surface area contributed by atoms with Gasteiger partial charge in [-0.3, -0.25) is 0 Å². The molecule has 0 unspecified atom stereocenters. The van der Waals surface area contributed by atoms with E-state index in [1.54, 1.807) is 11.8 Å². The molecule has 1 heteroatoms. The molecule has 0 N–H and O–H groups in total. The molecule has 0 aromatic heterocycles. The lowest BCUT2D eigenvalue weighted by atomic mass is 10.3. The summed E-state index contributed by atoms with van der Waals surface area (Å²) in [6, 6.07) is 0. The maximum absolute atomic E-state index is 3.81. The molecule has 1 aliphatic rings. The number of hydrogen-bond donors (Lipinski definition) is 0. The number of hydrogen-bond acceptors (Lipinski definition) is 1. The molecule has 38 valence electrons. The fourth-order valence-electron chi connectivity index (χ4n) is 0.585. The predicted molar refractivity (Wildman–Crippen MR) is 35.1 cm³/mol. The zero-order chi connectivity index (χ0) is 5.28. The third kappa shape index (κ3) is 1.10. The molecule has 0 spiro atoms. The Morgan fingerprint density at radius 1 is 1.14 bits per heavy atom. The normalized spacial score (nSPS) is 21.1. The first-order valence-electron chi connectivity index (χ1n) is 2.32. The second kappa shape index (κ2) is 1.74. The molecule has 0 aliphatic carbocycles. The predicted octanol–water partition coefficient (Wildman–Crippen LogP) is 2.54. The van der Waals surface area contributed by atoms with Crippen LogP contribution in [0.25, 0.3) is 0 Å². The van der Waals surface area contributed by atoms with Crippen LogP contribution in [0.3, 0.4) is 0 Å². The van der Waals surface area contributed by atoms with Crippen molar-refractivity contribution >= 4 is 11.8 Å². The molecule has 7 heavy (non-hydrogen) atoms. The molecule has 1 aliphatic heterocycles. The molecular formula is C6H8S. The van der Waals surface area contributed by atoms with Gasteiger partial charge in [-0.25, -0.2) is 0 Å². The summed E-state index contributed by atoms with van der Waals surface area (Å²) >= 11 is 1.73. The lowest BCUT2D eigenvalue weighted by Gasteiger charge is -1.82. The first kappa shape index (κ1) is 4.98. The Bertz CT molecular complexity index is 99.3. The second-order valence-electron chi connectivity index (χ2n) is 1.68. The summed E-state index contributed by atoms with van der Waals surface area (Å²) in [6.07, 6.45) is 2.28. The molecule has 0 saturated carbocycles. The van der Waals surface area contributed by atoms with Gasteiger partial charge in [-0.2, -0.15) is 0 Å². The summed E-state index contributed by atoms with van der Waals surface area (Å²) in [6.45, 7) is 7.61. The topological polar surface area (TPSA) is 0 Å². The van der Waals surface area contributed by atoms with Crippen LogP contribution in [0.1, 0.15) is 12.8 Å². The van der Waals surface area contributed by atoms with E-state index in [2.05, 4.69) is 13.2 Å². The molecule has 1 fully saturated rings. The standard InChI is InChI=1S/C6H8S/c1-5-3-4-6(2)7-5/h1-4H2. The number of allylic oxidation sites excluding steroid dienone is 2. The molecule has 1 rings (SSSR count). The largest absolute Gasteiger partial charge is 0.100 e. The maximum Gasteiger partial charge on any atom is -0.0174 e. The van der Waals surface area contributed by atoms with Gasteiger partial charge in [-0.1, -0.05) is 13.2 Å². The lowest BCUT2D eigenvalue weighted by Crippen LogP contribution is -1.56. The zero-order valence-corrected chi connectivity index (χ0v) is 5.05. The smallest absolute Gasteiger partial charge is 0.0174 e. The second-order valence-corrected chi connectivity index (χ2v) is 3.04. The van der Waals surface area contributed by atoms with E-state index in [-0.39, 0.29) is 0 Å². The van der Waals surface area contributed by atoms with Crippen LogP contribution in [0.5, 0.6) is 0 Å². The fraction of sp³-hybridized carbons (Fsp3) is 0.333. The third-order valence-corrected chi connectivity index (χ3v) is 1.96. The molecule has 0 aromatic carbocycles. The van der Waals surface area contributed by atoms with Crippen LogP contribution in [0.4, 0.5) is 0 Å². The van der Waals surface area contributed by atoms with E-state index in [1.807, 2.05) is 0 Å². The van der Waals surface area contributed by atoms with E-state index < -0.39 is 0 Å². The van der Waals surface area contributed by atoms with Gasteiger partial charge < -0.3 is 0 Å². The monoisotopic (exact) mass is 112 g/mol. The van der Waals surface area contributed by atoms with Crippen LogP contribution in [0, 0.1) is 0 Å². The highest BCUT2D eigenvalue weighted by Crippen LogP contribution is 2.37. The van der Waals surface area contributed by atoms with Crippen LogP contribution in [-0.4, -0.2) is 0 Å². The highest BCUT2D eigenvalue weighted by Gasteiger charge is 2.07. The van der Waals surface area contributed by atoms with Gasteiger partial charge in [0.1, 0.15) is 0 Å². The van der Waals surface area contributed by atoms with Crippen molar-refractivity contribution in [3.63, 3.8) is 0 Å². The van der Waals surface area contributed by atoms with Crippen molar-refractivity contribution in [1.82, 2.24) is 0 Å². The van der Waals surface area contributed by atoms with Crippen LogP contribution < -0.4 is 0 Å². The van der Waals surface area contributed by atoms with Crippen LogP contribution >= 0.6 is 11.8 Å². The van der Waals surface area contributed by atoms with E-state index in [9.17, 15) is 0 Å². The van der Waals surface area contributed by atoms with Gasteiger partial charge in [0.2, 0.25) is 0 Å². The van der Waals surface area contributed by atoms with E-state index in [1.165, 1.54) is 9.81 Å². The van der Waals surface area contributed by atoms with Gasteiger partial charge in [-0.15, -0.1) is 11.8 Å². The van der Waals surface area contributed by atoms with Gasteiger partial charge in [-0.05, 0) is 22.7 Å². The average molecular weight is 112 g/mol. The molecule has 1 saturated heterocycles. The minimum Gasteiger partial charge on any atom is -0.100 e. The van der Waals surface area contributed by atoms with Crippen LogP contribution in [-0.2, 0) is 0 Å². The Kier molecular flexibility index (Phi) is 1.24. The summed E-state index contributed by atoms with van der Waals surface area (Å²) in [5.74, 6) is 0. The van der Waals surface area contributed by atoms with Gasteiger partial charge in [0.25, 0.3) is 0 Å². The van der Waals surface area contributed by atoms with Crippen molar-refractivity contribution in [2.45, 2.75) is 12.8 Å². The summed E-state index contributed by atoms with van der Waals surface area (Å²) in [5, 5.41) is 0. The van der Waals surface area contributed by atoms with Crippen molar-refractivity contribution in [3.8, 4) is 0 Å². The van der Waals surface area contributed by atoms with Crippen molar-refractivity contribution in [3.05, 3.63) is 23.0 Å². The molecule has 0 amide bonds. The Balaban J connectivity index is 2.55. The van der Waals surface area contributed by atoms with Gasteiger partial charge in [0.05, 0.1) is 0 Å². The van der Waals surface area contributed by atoms with E-state index in [0.717, 1.165) is 12.8 Å². The SMILES string of the molecule is C=C1CCC(=C)S1. The Morgan fingerprint density at radius 2 is 1.57 bits per heavy atom. The van der Waals surface area contributed by atoms with Crippen LogP contribution in [0.15, 0.2) is 23.0 Å². The van der Waals surface area contributed by atoms with Crippen molar-refractivity contribution in [2.75, 3.05) is 0 Å². The maximum atomic E-state index is 3.81. The molecule has 0 bridgehead atoms. The lowest BCUT2D eigenvalue weighted by molar-refractivity contribution is 1.06. The highest BCUT2D eigenvalue weighted by molar-refractivity contribution is 8.07. The van der Waals surface area contributed by atoms with E-state index in [0.29, 0.717) is 0 Å². The summed E-state index contributed by atoms with van der Waals surface area (Å²) in [7, 11) is 0. The number of rotatable bonds is 0. The highest BCUT2D eigenvalue weighted by atomic mass is 32.2. The summed E-state index contributed by atoms with van der Waals surface area (Å²) in [5.41, 5.74) is 0. The van der Waals surface area contributed by atoms with Gasteiger partial charge >= 0.3 is 0 Å². The Morgan fingerprint density at radius 3 is 1.71 bits per heavy atom. The van der Waals surface area contributed by atoms with Crippen molar-refractivity contribution in [2.24, 2.45) is 0 Å². The Labute approximate surface area is 48.3 Å².